The summed E-state index contributed by atoms with van der Waals surface area (Å²) in [6, 6.07) is 53.5. The van der Waals surface area contributed by atoms with Crippen LogP contribution < -0.4 is 0 Å². The minimum atomic E-state index is 0.625. The summed E-state index contributed by atoms with van der Waals surface area (Å²) in [5, 5.41) is 4.14. The molecule has 0 aliphatic carbocycles. The van der Waals surface area contributed by atoms with Gasteiger partial charge in [-0.15, -0.1) is 0 Å². The van der Waals surface area contributed by atoms with E-state index in [1.807, 2.05) is 79.0 Å². The van der Waals surface area contributed by atoms with Crippen molar-refractivity contribution in [1.29, 1.82) is 0 Å². The minimum absolute atomic E-state index is 0.625. The summed E-state index contributed by atoms with van der Waals surface area (Å²) < 4.78 is 13.2. The molecule has 0 aliphatic rings. The second-order valence-electron chi connectivity index (χ2n) is 12.4. The van der Waals surface area contributed by atoms with E-state index in [0.29, 0.717) is 5.82 Å². The Kier molecular flexibility index (Phi) is 6.42. The second kappa shape index (κ2) is 11.4. The molecular formula is C45H27N3O2. The van der Waals surface area contributed by atoms with E-state index in [-0.39, 0.29) is 0 Å². The lowest BCUT2D eigenvalue weighted by atomic mass is 9.96. The van der Waals surface area contributed by atoms with Crippen molar-refractivity contribution in [3.8, 4) is 56.3 Å². The molecule has 50 heavy (non-hydrogen) atoms. The lowest BCUT2D eigenvalue weighted by Gasteiger charge is -2.12. The predicted molar refractivity (Wildman–Crippen MR) is 202 cm³/mol. The van der Waals surface area contributed by atoms with Crippen LogP contribution in [0.3, 0.4) is 0 Å². The molecule has 10 rings (SSSR count). The van der Waals surface area contributed by atoms with E-state index in [2.05, 4.69) is 89.9 Å². The Bertz CT molecular complexity index is 2850. The first-order valence-electron chi connectivity index (χ1n) is 16.6. The van der Waals surface area contributed by atoms with E-state index < -0.39 is 0 Å². The van der Waals surface area contributed by atoms with Gasteiger partial charge in [0.1, 0.15) is 22.3 Å². The number of hydrogen-bond donors (Lipinski definition) is 0. The van der Waals surface area contributed by atoms with Gasteiger partial charge in [-0.3, -0.25) is 4.98 Å². The van der Waals surface area contributed by atoms with Crippen molar-refractivity contribution in [3.05, 3.63) is 164 Å². The Balaban J connectivity index is 1.20. The Morgan fingerprint density at radius 3 is 1.72 bits per heavy atom. The zero-order valence-electron chi connectivity index (χ0n) is 26.7. The van der Waals surface area contributed by atoms with Crippen molar-refractivity contribution in [2.24, 2.45) is 0 Å². The van der Waals surface area contributed by atoms with E-state index in [9.17, 15) is 0 Å². The van der Waals surface area contributed by atoms with Crippen LogP contribution in [0, 0.1) is 0 Å². The third-order valence-electron chi connectivity index (χ3n) is 9.40. The molecule has 0 bridgehead atoms. The molecule has 0 amide bonds. The van der Waals surface area contributed by atoms with E-state index in [1.165, 1.54) is 0 Å². The highest BCUT2D eigenvalue weighted by Crippen LogP contribution is 2.44. The lowest BCUT2D eigenvalue weighted by Crippen LogP contribution is -1.97. The summed E-state index contributed by atoms with van der Waals surface area (Å²) in [4.78, 5) is 15.0. The highest BCUT2D eigenvalue weighted by molar-refractivity contribution is 6.18. The van der Waals surface area contributed by atoms with Gasteiger partial charge >= 0.3 is 0 Å². The van der Waals surface area contributed by atoms with Crippen LogP contribution in [0.1, 0.15) is 0 Å². The van der Waals surface area contributed by atoms with Gasteiger partial charge in [0.25, 0.3) is 0 Å². The molecule has 5 heteroatoms. The molecule has 234 valence electrons. The Morgan fingerprint density at radius 2 is 0.960 bits per heavy atom. The molecule has 6 aromatic carbocycles. The molecule has 0 saturated heterocycles. The van der Waals surface area contributed by atoms with Gasteiger partial charge in [-0.2, -0.15) is 0 Å². The third-order valence-corrected chi connectivity index (χ3v) is 9.40. The third kappa shape index (κ3) is 4.60. The zero-order chi connectivity index (χ0) is 33.0. The van der Waals surface area contributed by atoms with Gasteiger partial charge in [-0.05, 0) is 42.5 Å². The molecule has 4 aromatic heterocycles. The highest BCUT2D eigenvalue weighted by Gasteiger charge is 2.22. The van der Waals surface area contributed by atoms with Gasteiger partial charge in [-0.25, -0.2) is 9.97 Å². The molecule has 10 aromatic rings. The van der Waals surface area contributed by atoms with Crippen LogP contribution in [0.5, 0.6) is 0 Å². The average Bonchev–Trinajstić information content (AvgIpc) is 3.78. The molecule has 0 fully saturated rings. The maximum Gasteiger partial charge on any atom is 0.161 e. The van der Waals surface area contributed by atoms with Crippen LogP contribution in [0.25, 0.3) is 100 Å². The Hall–Kier alpha value is -6.85. The maximum absolute atomic E-state index is 6.70. The maximum atomic E-state index is 6.70. The average molecular weight is 642 g/mol. The fourth-order valence-electron chi connectivity index (χ4n) is 7.00. The summed E-state index contributed by atoms with van der Waals surface area (Å²) in [6.07, 6.45) is 1.81. The molecule has 0 saturated carbocycles. The van der Waals surface area contributed by atoms with E-state index >= 15 is 0 Å². The van der Waals surface area contributed by atoms with Crippen molar-refractivity contribution in [1.82, 2.24) is 15.0 Å². The van der Waals surface area contributed by atoms with Gasteiger partial charge in [-0.1, -0.05) is 115 Å². The van der Waals surface area contributed by atoms with Crippen molar-refractivity contribution < 1.29 is 8.83 Å². The standard InChI is InChI=1S/C45H27N3O2/c1-2-11-28(12-3-1)38-27-39(30-22-20-29(21-23-30)37-17-8-9-26-46-37)48-45(47-38)36-25-24-34(44-42(36)35-14-5-7-19-41(35)50-44)33-16-10-15-32-31-13-4-6-18-40(31)49-43(32)33/h1-27H. The predicted octanol–water partition coefficient (Wildman–Crippen LogP) is 12.0. The molecule has 4 heterocycles. The first kappa shape index (κ1) is 28.2. The van der Waals surface area contributed by atoms with Crippen LogP contribution in [-0.2, 0) is 0 Å². The molecule has 0 aliphatic heterocycles. The van der Waals surface area contributed by atoms with Gasteiger partial charge in [0.05, 0.1) is 17.1 Å². The monoisotopic (exact) mass is 641 g/mol. The molecule has 0 atom stereocenters. The first-order chi connectivity index (χ1) is 24.8. The molecule has 0 unspecified atom stereocenters. The van der Waals surface area contributed by atoms with Crippen molar-refractivity contribution in [3.63, 3.8) is 0 Å². The van der Waals surface area contributed by atoms with Crippen molar-refractivity contribution >= 4 is 43.9 Å². The fourth-order valence-corrected chi connectivity index (χ4v) is 7.00. The highest BCUT2D eigenvalue weighted by atomic mass is 16.3. The molecular weight excluding hydrogens is 615 g/mol. The van der Waals surface area contributed by atoms with Gasteiger partial charge in [0, 0.05) is 61.1 Å². The molecule has 5 nitrogen and oxygen atoms in total. The summed E-state index contributed by atoms with van der Waals surface area (Å²) in [5.74, 6) is 0.625. The summed E-state index contributed by atoms with van der Waals surface area (Å²) in [5.41, 5.74) is 11.8. The smallest absolute Gasteiger partial charge is 0.161 e. The van der Waals surface area contributed by atoms with E-state index in [4.69, 9.17) is 18.8 Å². The largest absolute Gasteiger partial charge is 0.455 e. The fraction of sp³-hybridized carbons (Fsp3) is 0. The number of nitrogens with zero attached hydrogens (tertiary/aromatic N) is 3. The van der Waals surface area contributed by atoms with Crippen LogP contribution in [0.4, 0.5) is 0 Å². The van der Waals surface area contributed by atoms with E-state index in [0.717, 1.165) is 94.3 Å². The van der Waals surface area contributed by atoms with Gasteiger partial charge in [0.15, 0.2) is 5.82 Å². The number of para-hydroxylation sites is 3. The van der Waals surface area contributed by atoms with Crippen LogP contribution >= 0.6 is 0 Å². The number of rotatable bonds is 5. The second-order valence-corrected chi connectivity index (χ2v) is 12.4. The zero-order valence-corrected chi connectivity index (χ0v) is 26.7. The SMILES string of the molecule is c1ccc(-c2cc(-c3ccc(-c4ccccn4)cc3)nc(-c3ccc(-c4cccc5c4oc4ccccc45)c4oc5ccccc5c34)n2)cc1. The summed E-state index contributed by atoms with van der Waals surface area (Å²) in [7, 11) is 0. The number of fused-ring (bicyclic) bond motifs is 6. The Labute approximate surface area is 287 Å². The lowest BCUT2D eigenvalue weighted by molar-refractivity contribution is 0.665. The molecule has 0 spiro atoms. The van der Waals surface area contributed by atoms with Crippen LogP contribution in [-0.4, -0.2) is 15.0 Å². The molecule has 0 N–H and O–H groups in total. The first-order valence-corrected chi connectivity index (χ1v) is 16.6. The van der Waals surface area contributed by atoms with Crippen molar-refractivity contribution in [2.75, 3.05) is 0 Å². The van der Waals surface area contributed by atoms with Crippen LogP contribution in [0.15, 0.2) is 173 Å². The number of benzene rings is 6. The van der Waals surface area contributed by atoms with Crippen molar-refractivity contribution in [2.45, 2.75) is 0 Å². The quantitative estimate of drug-likeness (QED) is 0.187. The van der Waals surface area contributed by atoms with Crippen LogP contribution in [0.2, 0.25) is 0 Å². The summed E-state index contributed by atoms with van der Waals surface area (Å²) in [6.45, 7) is 0. The number of aromatic nitrogens is 3. The van der Waals surface area contributed by atoms with Gasteiger partial charge in [0.2, 0.25) is 0 Å². The van der Waals surface area contributed by atoms with Gasteiger partial charge < -0.3 is 8.83 Å². The van der Waals surface area contributed by atoms with E-state index in [1.54, 1.807) is 0 Å². The Morgan fingerprint density at radius 1 is 0.380 bits per heavy atom. The number of hydrogen-bond acceptors (Lipinski definition) is 5. The topological polar surface area (TPSA) is 65.0 Å². The number of furan rings is 2. The number of pyridine rings is 1. The minimum Gasteiger partial charge on any atom is -0.455 e. The normalized spacial score (nSPS) is 11.6. The molecule has 0 radical (unpaired) electrons. The summed E-state index contributed by atoms with van der Waals surface area (Å²) >= 11 is 0.